The molecule has 0 bridgehead atoms. The average Bonchev–Trinajstić information content (AvgIpc) is 2.70. The zero-order valence-corrected chi connectivity index (χ0v) is 22.3. The van der Waals surface area contributed by atoms with Crippen LogP contribution in [0.4, 0.5) is 5.69 Å². The molecule has 0 aliphatic rings. The molecule has 2 amide bonds. The normalized spacial score (nSPS) is 11.9. The largest absolute Gasteiger partial charge is 0.780 e. The Balaban J connectivity index is 0. The molecule has 1 aromatic rings. The van der Waals surface area contributed by atoms with Gasteiger partial charge in [0.05, 0.1) is 25.1 Å². The van der Waals surface area contributed by atoms with Crippen LogP contribution < -0.4 is 10.6 Å². The van der Waals surface area contributed by atoms with Crippen LogP contribution in [-0.2, 0) is 44.6 Å². The molecule has 0 heterocycles. The molecule has 0 fully saturated rings. The Kier molecular flexibility index (Phi) is 17.6. The van der Waals surface area contributed by atoms with Gasteiger partial charge in [0.25, 0.3) is 5.91 Å². The van der Waals surface area contributed by atoms with E-state index >= 15 is 0 Å². The van der Waals surface area contributed by atoms with E-state index in [1.807, 2.05) is 0 Å². The number of carbonyl (C=O) groups is 2. The van der Waals surface area contributed by atoms with Crippen molar-refractivity contribution in [1.29, 1.82) is 0 Å². The first kappa shape index (κ1) is 31.4. The van der Waals surface area contributed by atoms with Gasteiger partial charge in [0.15, 0.2) is 0 Å². The Bertz CT molecular complexity index is 647. The SMILES string of the molecule is CC(C)(CO)C(O)C(=O)N/C=C/C(=O)Nc1ccc([S-])cc1.CC[PH+](CC)CC.[Au]. The molecule has 6 nitrogen and oxygen atoms in total. The van der Waals surface area contributed by atoms with Gasteiger partial charge in [-0.2, -0.15) is 4.90 Å². The Labute approximate surface area is 203 Å². The van der Waals surface area contributed by atoms with Crippen molar-refractivity contribution in [3.8, 4) is 0 Å². The molecule has 0 aliphatic heterocycles. The van der Waals surface area contributed by atoms with E-state index < -0.39 is 23.3 Å². The summed E-state index contributed by atoms with van der Waals surface area (Å²) in [5.41, 5.74) is -0.386. The molecular formula is C21H35AuN2O4PS. The van der Waals surface area contributed by atoms with Crippen LogP contribution in [0.1, 0.15) is 34.6 Å². The zero-order valence-electron chi connectivity index (χ0n) is 18.3. The van der Waals surface area contributed by atoms with Gasteiger partial charge < -0.3 is 33.5 Å². The van der Waals surface area contributed by atoms with Crippen LogP contribution in [0.15, 0.2) is 41.4 Å². The molecule has 1 atom stereocenters. The van der Waals surface area contributed by atoms with Crippen molar-refractivity contribution in [3.63, 3.8) is 0 Å². The number of anilines is 1. The molecule has 0 aromatic heterocycles. The summed E-state index contributed by atoms with van der Waals surface area (Å²) in [6.45, 7) is 9.68. The molecule has 175 valence electrons. The second-order valence-corrected chi connectivity index (χ2v) is 11.3. The summed E-state index contributed by atoms with van der Waals surface area (Å²) in [5, 5.41) is 23.7. The summed E-state index contributed by atoms with van der Waals surface area (Å²) in [5.74, 6) is -1.13. The molecular weight excluding hydrogens is 604 g/mol. The third-order valence-corrected chi connectivity index (χ3v) is 7.75. The minimum Gasteiger partial charge on any atom is -0.780 e. The smallest absolute Gasteiger partial charge is 0.253 e. The second kappa shape index (κ2) is 16.8. The van der Waals surface area contributed by atoms with Gasteiger partial charge in [0.1, 0.15) is 6.10 Å². The quantitative estimate of drug-likeness (QED) is 0.144. The van der Waals surface area contributed by atoms with Crippen molar-refractivity contribution in [3.05, 3.63) is 36.5 Å². The third-order valence-electron chi connectivity index (χ3n) is 4.48. The molecule has 30 heavy (non-hydrogen) atoms. The van der Waals surface area contributed by atoms with E-state index in [1.165, 1.54) is 18.5 Å². The van der Waals surface area contributed by atoms with Gasteiger partial charge >= 0.3 is 0 Å². The van der Waals surface area contributed by atoms with Crippen LogP contribution in [0.5, 0.6) is 0 Å². The van der Waals surface area contributed by atoms with Gasteiger partial charge in [-0.3, -0.25) is 9.59 Å². The van der Waals surface area contributed by atoms with Gasteiger partial charge in [0.2, 0.25) is 5.91 Å². The number of rotatable bonds is 9. The molecule has 0 saturated heterocycles. The van der Waals surface area contributed by atoms with Gasteiger partial charge in [0, 0.05) is 45.8 Å². The minimum atomic E-state index is -1.38. The summed E-state index contributed by atoms with van der Waals surface area (Å²) in [6.07, 6.45) is 5.24. The predicted octanol–water partition coefficient (Wildman–Crippen LogP) is 2.80. The van der Waals surface area contributed by atoms with Crippen LogP contribution in [0.3, 0.4) is 0 Å². The van der Waals surface area contributed by atoms with E-state index in [9.17, 15) is 14.7 Å². The number of aliphatic hydroxyl groups excluding tert-OH is 2. The Morgan fingerprint density at radius 2 is 1.63 bits per heavy atom. The number of amides is 2. The van der Waals surface area contributed by atoms with E-state index in [-0.39, 0.29) is 36.9 Å². The van der Waals surface area contributed by atoms with E-state index in [2.05, 4.69) is 31.4 Å². The molecule has 0 saturated carbocycles. The third kappa shape index (κ3) is 12.8. The number of hydrogen-bond acceptors (Lipinski definition) is 5. The van der Waals surface area contributed by atoms with Crippen molar-refractivity contribution >= 4 is 38.1 Å². The van der Waals surface area contributed by atoms with Crippen molar-refractivity contribution in [2.75, 3.05) is 30.4 Å². The first-order chi connectivity index (χ1) is 13.6. The zero-order chi connectivity index (χ0) is 22.4. The summed E-state index contributed by atoms with van der Waals surface area (Å²) in [7, 11) is 0.137. The van der Waals surface area contributed by atoms with Crippen molar-refractivity contribution in [2.24, 2.45) is 5.41 Å². The first-order valence-electron chi connectivity index (χ1n) is 9.78. The van der Waals surface area contributed by atoms with Gasteiger partial charge in [-0.25, -0.2) is 0 Å². The molecule has 0 spiro atoms. The Morgan fingerprint density at radius 1 is 1.13 bits per heavy atom. The van der Waals surface area contributed by atoms with E-state index in [0.29, 0.717) is 10.6 Å². The van der Waals surface area contributed by atoms with Gasteiger partial charge in [-0.1, -0.05) is 26.0 Å². The summed E-state index contributed by atoms with van der Waals surface area (Å²) in [4.78, 5) is 24.0. The summed E-state index contributed by atoms with van der Waals surface area (Å²) in [6, 6.07) is 6.70. The topological polar surface area (TPSA) is 98.7 Å². The molecule has 1 unspecified atom stereocenters. The van der Waals surface area contributed by atoms with Gasteiger partial charge in [-0.05, 0) is 40.8 Å². The molecule has 4 N–H and O–H groups in total. The maximum Gasteiger partial charge on any atom is 0.253 e. The second-order valence-electron chi connectivity index (χ2n) is 7.22. The number of hydrogen-bond donors (Lipinski definition) is 4. The maximum absolute atomic E-state index is 11.7. The minimum absolute atomic E-state index is 0. The summed E-state index contributed by atoms with van der Waals surface area (Å²) < 4.78 is 0. The standard InChI is InChI=1S/C15H20N2O4S.C6H15P.Au/c1-15(2,9-18)13(20)14(21)16-8-7-12(19)17-10-3-5-11(22)6-4-10;1-4-7(5-2)6-3;/h3-8,13,18,20,22H,9H2,1-2H3,(H,16,21)(H,17,19);4-6H2,1-3H3;/b8-7+;;. The fourth-order valence-corrected chi connectivity index (χ4v) is 3.83. The van der Waals surface area contributed by atoms with E-state index in [1.54, 1.807) is 38.1 Å². The number of nitrogens with one attached hydrogen (secondary N) is 2. The molecule has 0 aliphatic carbocycles. The van der Waals surface area contributed by atoms with Crippen LogP contribution >= 0.6 is 7.92 Å². The van der Waals surface area contributed by atoms with Gasteiger partial charge in [-0.15, -0.1) is 0 Å². The molecule has 1 radical (unpaired) electrons. The fraction of sp³-hybridized carbons (Fsp3) is 0.524. The van der Waals surface area contributed by atoms with Crippen LogP contribution in [0.25, 0.3) is 0 Å². The summed E-state index contributed by atoms with van der Waals surface area (Å²) >= 11 is 4.93. The van der Waals surface area contributed by atoms with Crippen molar-refractivity contribution in [1.82, 2.24) is 5.32 Å². The Morgan fingerprint density at radius 3 is 2.03 bits per heavy atom. The molecule has 1 rings (SSSR count). The Hall–Kier alpha value is -0.790. The fourth-order valence-electron chi connectivity index (χ4n) is 2.19. The average molecular weight is 640 g/mol. The van der Waals surface area contributed by atoms with Crippen LogP contribution in [0.2, 0.25) is 0 Å². The maximum atomic E-state index is 11.7. The predicted molar refractivity (Wildman–Crippen MR) is 125 cm³/mol. The van der Waals surface area contributed by atoms with Crippen LogP contribution in [0, 0.1) is 5.41 Å². The number of carbonyl (C=O) groups excluding carboxylic acids is 2. The monoisotopic (exact) mass is 639 g/mol. The molecule has 1 aromatic carbocycles. The van der Waals surface area contributed by atoms with Crippen molar-refractivity contribution in [2.45, 2.75) is 45.6 Å². The van der Waals surface area contributed by atoms with E-state index in [4.69, 9.17) is 17.7 Å². The first-order valence-corrected chi connectivity index (χ1v) is 12.3. The van der Waals surface area contributed by atoms with E-state index in [0.717, 1.165) is 12.3 Å². The van der Waals surface area contributed by atoms with Crippen molar-refractivity contribution < 1.29 is 42.2 Å². The molecule has 9 heteroatoms. The number of benzene rings is 1. The number of aliphatic hydroxyl groups is 2. The van der Waals surface area contributed by atoms with Crippen LogP contribution in [-0.4, -0.2) is 53.2 Å².